The lowest BCUT2D eigenvalue weighted by Gasteiger charge is -2.36. The Morgan fingerprint density at radius 3 is 2.42 bits per heavy atom. The first-order valence-corrected chi connectivity index (χ1v) is 8.22. The topological polar surface area (TPSA) is 63.0 Å². The summed E-state index contributed by atoms with van der Waals surface area (Å²) in [4.78, 5) is 18.4. The van der Waals surface area contributed by atoms with Gasteiger partial charge < -0.3 is 9.80 Å². The van der Waals surface area contributed by atoms with Gasteiger partial charge in [0.1, 0.15) is 22.7 Å². The van der Waals surface area contributed by atoms with Gasteiger partial charge in [0.05, 0.1) is 5.69 Å². The lowest BCUT2D eigenvalue weighted by Crippen LogP contribution is -2.47. The van der Waals surface area contributed by atoms with E-state index in [-0.39, 0.29) is 0 Å². The summed E-state index contributed by atoms with van der Waals surface area (Å²) < 4.78 is 1.89. The van der Waals surface area contributed by atoms with Gasteiger partial charge >= 0.3 is 0 Å². The number of anilines is 2. The maximum atomic E-state index is 4.72. The summed E-state index contributed by atoms with van der Waals surface area (Å²) in [6, 6.07) is 6.04. The van der Waals surface area contributed by atoms with Gasteiger partial charge in [-0.15, -0.1) is 0 Å². The van der Waals surface area contributed by atoms with Crippen molar-refractivity contribution >= 4 is 22.7 Å². The van der Waals surface area contributed by atoms with E-state index in [4.69, 9.17) is 4.98 Å². The minimum atomic E-state index is 0.792. The Morgan fingerprint density at radius 1 is 0.958 bits per heavy atom. The second-order valence-corrected chi connectivity index (χ2v) is 6.16. The van der Waals surface area contributed by atoms with Crippen LogP contribution in [0.25, 0.3) is 11.0 Å². The molecule has 0 N–H and O–H groups in total. The average molecular weight is 323 g/mol. The Hall–Kier alpha value is -2.70. The molecule has 0 bridgehead atoms. The molecule has 4 rings (SSSR count). The molecular formula is C17H21N7. The Labute approximate surface area is 141 Å². The highest BCUT2D eigenvalue weighted by Gasteiger charge is 2.23. The molecule has 1 aliphatic rings. The Bertz CT molecular complexity index is 864. The number of nitrogens with zero attached hydrogens (tertiary/aromatic N) is 7. The smallest absolute Gasteiger partial charge is 0.158 e. The van der Waals surface area contributed by atoms with Crippen LogP contribution in [0.15, 0.2) is 24.4 Å². The zero-order valence-electron chi connectivity index (χ0n) is 14.3. The monoisotopic (exact) mass is 323 g/mol. The molecule has 124 valence electrons. The van der Waals surface area contributed by atoms with Crippen molar-refractivity contribution in [2.45, 2.75) is 13.8 Å². The van der Waals surface area contributed by atoms with Crippen molar-refractivity contribution in [1.82, 2.24) is 24.7 Å². The van der Waals surface area contributed by atoms with Crippen LogP contribution in [0.3, 0.4) is 0 Å². The number of rotatable bonds is 2. The van der Waals surface area contributed by atoms with Gasteiger partial charge in [-0.05, 0) is 26.0 Å². The SMILES string of the molecule is Cc1nc(N2CCN(c3ccccn3)CC2)c2c(n1)c(C)nn2C. The van der Waals surface area contributed by atoms with E-state index in [0.717, 1.165) is 60.4 Å². The number of hydrogen-bond donors (Lipinski definition) is 0. The predicted octanol–water partition coefficient (Wildman–Crippen LogP) is 1.70. The van der Waals surface area contributed by atoms with Crippen molar-refractivity contribution < 1.29 is 0 Å². The minimum absolute atomic E-state index is 0.792. The van der Waals surface area contributed by atoms with Crippen LogP contribution in [0, 0.1) is 13.8 Å². The maximum Gasteiger partial charge on any atom is 0.158 e. The van der Waals surface area contributed by atoms with Crippen LogP contribution in [0.2, 0.25) is 0 Å². The molecule has 3 aromatic rings. The van der Waals surface area contributed by atoms with Crippen LogP contribution in [0.4, 0.5) is 11.6 Å². The molecule has 0 atom stereocenters. The molecule has 7 nitrogen and oxygen atoms in total. The van der Waals surface area contributed by atoms with E-state index in [1.165, 1.54) is 0 Å². The summed E-state index contributed by atoms with van der Waals surface area (Å²) in [7, 11) is 1.96. The number of aromatic nitrogens is 5. The predicted molar refractivity (Wildman–Crippen MR) is 94.4 cm³/mol. The summed E-state index contributed by atoms with van der Waals surface area (Å²) in [5.41, 5.74) is 2.92. The van der Waals surface area contributed by atoms with E-state index in [1.807, 2.05) is 43.9 Å². The zero-order chi connectivity index (χ0) is 16.7. The van der Waals surface area contributed by atoms with Gasteiger partial charge in [-0.1, -0.05) is 6.07 Å². The number of aryl methyl sites for hydroxylation is 3. The Morgan fingerprint density at radius 2 is 1.71 bits per heavy atom. The molecule has 0 radical (unpaired) electrons. The van der Waals surface area contributed by atoms with Crippen molar-refractivity contribution in [2.75, 3.05) is 36.0 Å². The van der Waals surface area contributed by atoms with Crippen LogP contribution >= 0.6 is 0 Å². The minimum Gasteiger partial charge on any atom is -0.353 e. The summed E-state index contributed by atoms with van der Waals surface area (Å²) in [5.74, 6) is 2.82. The molecule has 1 fully saturated rings. The highest BCUT2D eigenvalue weighted by Crippen LogP contribution is 2.27. The van der Waals surface area contributed by atoms with E-state index < -0.39 is 0 Å². The summed E-state index contributed by atoms with van der Waals surface area (Å²) in [6.07, 6.45) is 1.84. The molecular weight excluding hydrogens is 302 g/mol. The number of pyridine rings is 1. The van der Waals surface area contributed by atoms with Crippen LogP contribution < -0.4 is 9.80 Å². The van der Waals surface area contributed by atoms with Gasteiger partial charge in [-0.3, -0.25) is 4.68 Å². The van der Waals surface area contributed by atoms with Crippen LogP contribution in [-0.2, 0) is 7.05 Å². The quantitative estimate of drug-likeness (QED) is 0.715. The number of fused-ring (bicyclic) bond motifs is 1. The zero-order valence-corrected chi connectivity index (χ0v) is 14.3. The van der Waals surface area contributed by atoms with E-state index in [1.54, 1.807) is 0 Å². The standard InChI is InChI=1S/C17H21N7/c1-12-15-16(22(3)21-12)17(20-13(2)19-15)24-10-8-23(9-11-24)14-6-4-5-7-18-14/h4-7H,8-11H2,1-3H3. The average Bonchev–Trinajstić information content (AvgIpc) is 2.89. The summed E-state index contributed by atoms with van der Waals surface area (Å²) >= 11 is 0. The lowest BCUT2D eigenvalue weighted by atomic mass is 10.2. The molecule has 3 aromatic heterocycles. The molecule has 0 amide bonds. The largest absolute Gasteiger partial charge is 0.353 e. The van der Waals surface area contributed by atoms with E-state index in [2.05, 4.69) is 30.9 Å². The molecule has 0 aliphatic carbocycles. The molecule has 0 unspecified atom stereocenters. The summed E-state index contributed by atoms with van der Waals surface area (Å²) in [6.45, 7) is 7.62. The Kier molecular flexibility index (Phi) is 3.55. The molecule has 1 aliphatic heterocycles. The Balaban J connectivity index is 1.63. The first-order chi connectivity index (χ1) is 11.6. The molecule has 0 saturated carbocycles. The van der Waals surface area contributed by atoms with Gasteiger partial charge in [-0.2, -0.15) is 5.10 Å². The molecule has 7 heteroatoms. The third kappa shape index (κ3) is 2.46. The molecule has 24 heavy (non-hydrogen) atoms. The first-order valence-electron chi connectivity index (χ1n) is 8.22. The van der Waals surface area contributed by atoms with Gasteiger partial charge in [0.15, 0.2) is 5.82 Å². The summed E-state index contributed by atoms with van der Waals surface area (Å²) in [5, 5.41) is 4.52. The molecule has 0 spiro atoms. The third-order valence-electron chi connectivity index (χ3n) is 4.50. The van der Waals surface area contributed by atoms with Crippen molar-refractivity contribution in [3.05, 3.63) is 35.9 Å². The van der Waals surface area contributed by atoms with Gasteiger partial charge in [0.25, 0.3) is 0 Å². The molecule has 0 aromatic carbocycles. The van der Waals surface area contributed by atoms with E-state index >= 15 is 0 Å². The van der Waals surface area contributed by atoms with Crippen molar-refractivity contribution in [3.8, 4) is 0 Å². The fourth-order valence-corrected chi connectivity index (χ4v) is 3.33. The van der Waals surface area contributed by atoms with Crippen molar-refractivity contribution in [2.24, 2.45) is 7.05 Å². The second-order valence-electron chi connectivity index (χ2n) is 6.16. The fraction of sp³-hybridized carbons (Fsp3) is 0.412. The highest BCUT2D eigenvalue weighted by molar-refractivity contribution is 5.88. The van der Waals surface area contributed by atoms with Crippen LogP contribution in [-0.4, -0.2) is 50.9 Å². The van der Waals surface area contributed by atoms with Gasteiger partial charge in [-0.25, -0.2) is 15.0 Å². The van der Waals surface area contributed by atoms with E-state index in [9.17, 15) is 0 Å². The van der Waals surface area contributed by atoms with Crippen molar-refractivity contribution in [3.63, 3.8) is 0 Å². The normalized spacial score (nSPS) is 15.3. The lowest BCUT2D eigenvalue weighted by molar-refractivity contribution is 0.640. The van der Waals surface area contributed by atoms with Gasteiger partial charge in [0.2, 0.25) is 0 Å². The fourth-order valence-electron chi connectivity index (χ4n) is 3.33. The number of hydrogen-bond acceptors (Lipinski definition) is 6. The van der Waals surface area contributed by atoms with Crippen molar-refractivity contribution in [1.29, 1.82) is 0 Å². The van der Waals surface area contributed by atoms with Crippen LogP contribution in [0.1, 0.15) is 11.5 Å². The first kappa shape index (κ1) is 14.9. The highest BCUT2D eigenvalue weighted by atomic mass is 15.3. The number of piperazine rings is 1. The third-order valence-corrected chi connectivity index (χ3v) is 4.50. The molecule has 1 saturated heterocycles. The van der Waals surface area contributed by atoms with Gasteiger partial charge in [0, 0.05) is 39.4 Å². The van der Waals surface area contributed by atoms with Crippen LogP contribution in [0.5, 0.6) is 0 Å². The molecule has 4 heterocycles. The van der Waals surface area contributed by atoms with E-state index in [0.29, 0.717) is 0 Å². The maximum absolute atomic E-state index is 4.72. The second kappa shape index (κ2) is 5.74.